The molecule has 0 aromatic heterocycles. The average molecular weight is 1010 g/mol. The van der Waals surface area contributed by atoms with Gasteiger partial charge < -0.3 is 20.3 Å². The molecular weight excluding hydrogens is 887 g/mol. The van der Waals surface area contributed by atoms with E-state index in [1.54, 1.807) is 6.08 Å². The van der Waals surface area contributed by atoms with Crippen LogP contribution in [-0.4, -0.2) is 47.4 Å². The molecule has 0 bridgehead atoms. The van der Waals surface area contributed by atoms with Gasteiger partial charge in [-0.05, 0) is 64.2 Å². The minimum absolute atomic E-state index is 0.0114. The second kappa shape index (κ2) is 61.6. The number of allylic oxidation sites excluding steroid dienone is 5. The minimum Gasteiger partial charge on any atom is -0.466 e. The maximum absolute atomic E-state index is 12.4. The van der Waals surface area contributed by atoms with Crippen LogP contribution < -0.4 is 5.32 Å². The van der Waals surface area contributed by atoms with Gasteiger partial charge in [-0.25, -0.2) is 0 Å². The van der Waals surface area contributed by atoms with E-state index in [0.717, 1.165) is 57.8 Å². The third kappa shape index (κ3) is 57.4. The van der Waals surface area contributed by atoms with Crippen LogP contribution in [-0.2, 0) is 14.3 Å². The SMILES string of the molecule is CCCCCCCCCCCCC/C=C/C(O)C(CO)NC(=O)CCCCCCCCC/C=C\C/C=C\CCCCCCCCCCCOC(=O)CCCCCCCCCCCCCCCCCCCCC. The lowest BCUT2D eigenvalue weighted by molar-refractivity contribution is -0.143. The molecule has 0 aromatic rings. The minimum atomic E-state index is -0.850. The number of carbonyl (C=O) groups is 2. The summed E-state index contributed by atoms with van der Waals surface area (Å²) in [4.78, 5) is 24.5. The highest BCUT2D eigenvalue weighted by Gasteiger charge is 2.18. The number of ether oxygens (including phenoxy) is 1. The quantitative estimate of drug-likeness (QED) is 0.0320. The summed E-state index contributed by atoms with van der Waals surface area (Å²) in [6, 6.07) is -0.635. The number of unbranched alkanes of at least 4 members (excludes halogenated alkanes) is 45. The molecule has 2 unspecified atom stereocenters. The number of hydrogen-bond donors (Lipinski definition) is 3. The number of amides is 1. The molecule has 3 N–H and O–H groups in total. The smallest absolute Gasteiger partial charge is 0.305 e. The molecule has 6 nitrogen and oxygen atoms in total. The predicted molar refractivity (Wildman–Crippen MR) is 315 cm³/mol. The Morgan fingerprint density at radius 2 is 0.694 bits per heavy atom. The highest BCUT2D eigenvalue weighted by molar-refractivity contribution is 5.76. The van der Waals surface area contributed by atoms with Gasteiger partial charge in [0.1, 0.15) is 0 Å². The number of aliphatic hydroxyl groups excluding tert-OH is 2. The van der Waals surface area contributed by atoms with Crippen molar-refractivity contribution >= 4 is 11.9 Å². The molecule has 0 fully saturated rings. The van der Waals surface area contributed by atoms with Crippen molar-refractivity contribution in [2.45, 2.75) is 360 Å². The highest BCUT2D eigenvalue weighted by atomic mass is 16.5. The molecule has 2 atom stereocenters. The standard InChI is InChI=1S/C66H125NO5/c1-3-5-7-9-11-13-15-17-18-19-25-29-32-36-40-44-48-52-56-60-66(71)72-61-57-53-49-45-41-37-33-30-27-24-22-20-21-23-26-28-31-35-39-43-47-51-55-59-65(70)67-63(62-68)64(69)58-54-50-46-42-38-34-16-14-12-10-8-6-4-2/h20,22-23,26,54,58,63-64,68-69H,3-19,21,24-25,27-53,55-57,59-62H2,1-2H3,(H,67,70)/b22-20-,26-23-,58-54+. The lowest BCUT2D eigenvalue weighted by atomic mass is 10.0. The number of hydrogen-bond acceptors (Lipinski definition) is 5. The van der Waals surface area contributed by atoms with Crippen LogP contribution >= 0.6 is 0 Å². The number of rotatable bonds is 60. The molecule has 0 aliphatic heterocycles. The van der Waals surface area contributed by atoms with E-state index >= 15 is 0 Å². The summed E-state index contributed by atoms with van der Waals surface area (Å²) in [6.45, 7) is 4.91. The molecule has 0 saturated carbocycles. The third-order valence-electron chi connectivity index (χ3n) is 14.9. The summed E-state index contributed by atoms with van der Waals surface area (Å²) in [5, 5.41) is 23.1. The molecular formula is C66H125NO5. The van der Waals surface area contributed by atoms with Crippen LogP contribution in [0.2, 0.25) is 0 Å². The van der Waals surface area contributed by atoms with Gasteiger partial charge in [0.15, 0.2) is 0 Å². The summed E-state index contributed by atoms with van der Waals surface area (Å²) < 4.78 is 5.50. The average Bonchev–Trinajstić information content (AvgIpc) is 3.38. The first-order chi connectivity index (χ1) is 35.5. The van der Waals surface area contributed by atoms with Gasteiger partial charge in [-0.15, -0.1) is 0 Å². The van der Waals surface area contributed by atoms with E-state index in [1.807, 2.05) is 6.08 Å². The van der Waals surface area contributed by atoms with Crippen LogP contribution in [0.3, 0.4) is 0 Å². The molecule has 0 spiro atoms. The predicted octanol–water partition coefficient (Wildman–Crippen LogP) is 20.4. The number of nitrogens with one attached hydrogen (secondary N) is 1. The van der Waals surface area contributed by atoms with Crippen LogP contribution in [0, 0.1) is 0 Å². The molecule has 0 aliphatic carbocycles. The first-order valence-electron chi connectivity index (χ1n) is 32.3. The van der Waals surface area contributed by atoms with E-state index in [4.69, 9.17) is 4.74 Å². The third-order valence-corrected chi connectivity index (χ3v) is 14.9. The zero-order chi connectivity index (χ0) is 52.2. The molecule has 424 valence electrons. The second-order valence-corrected chi connectivity index (χ2v) is 22.1. The fourth-order valence-corrected chi connectivity index (χ4v) is 9.96. The first-order valence-corrected chi connectivity index (χ1v) is 32.3. The van der Waals surface area contributed by atoms with Gasteiger partial charge in [-0.3, -0.25) is 9.59 Å². The first kappa shape index (κ1) is 70.1. The van der Waals surface area contributed by atoms with E-state index in [2.05, 4.69) is 43.5 Å². The van der Waals surface area contributed by atoms with Crippen molar-refractivity contribution in [1.82, 2.24) is 5.32 Å². The Bertz CT molecular complexity index is 1170. The Hall–Kier alpha value is -1.92. The molecule has 0 radical (unpaired) electrons. The Balaban J connectivity index is 3.43. The van der Waals surface area contributed by atoms with Crippen LogP contribution in [0.25, 0.3) is 0 Å². The summed E-state index contributed by atoms with van der Waals surface area (Å²) in [6.07, 6.45) is 77.7. The van der Waals surface area contributed by atoms with Gasteiger partial charge >= 0.3 is 5.97 Å². The molecule has 0 heterocycles. The van der Waals surface area contributed by atoms with Gasteiger partial charge in [0.25, 0.3) is 0 Å². The van der Waals surface area contributed by atoms with Crippen LogP contribution in [0.5, 0.6) is 0 Å². The van der Waals surface area contributed by atoms with E-state index in [0.29, 0.717) is 19.4 Å². The Kier molecular flexibility index (Phi) is 60.0. The van der Waals surface area contributed by atoms with Crippen molar-refractivity contribution < 1.29 is 24.5 Å². The van der Waals surface area contributed by atoms with E-state index in [-0.39, 0.29) is 18.5 Å². The Labute approximate surface area is 449 Å². The molecule has 0 aliphatic rings. The van der Waals surface area contributed by atoms with Crippen molar-refractivity contribution in [1.29, 1.82) is 0 Å². The zero-order valence-corrected chi connectivity index (χ0v) is 48.4. The normalized spacial score (nSPS) is 12.8. The summed E-state index contributed by atoms with van der Waals surface area (Å²) in [5.41, 5.74) is 0. The number of carbonyl (C=O) groups excluding carboxylic acids is 2. The largest absolute Gasteiger partial charge is 0.466 e. The van der Waals surface area contributed by atoms with Crippen LogP contribution in [0.15, 0.2) is 36.5 Å². The van der Waals surface area contributed by atoms with Crippen LogP contribution in [0.4, 0.5) is 0 Å². The number of aliphatic hydroxyl groups is 2. The monoisotopic (exact) mass is 1010 g/mol. The van der Waals surface area contributed by atoms with Gasteiger partial charge in [0.05, 0.1) is 25.4 Å². The molecule has 0 saturated heterocycles. The molecule has 6 heteroatoms. The van der Waals surface area contributed by atoms with Gasteiger partial charge in [-0.1, -0.05) is 307 Å². The zero-order valence-electron chi connectivity index (χ0n) is 48.4. The topological polar surface area (TPSA) is 95.9 Å². The maximum Gasteiger partial charge on any atom is 0.305 e. The molecule has 0 rings (SSSR count). The van der Waals surface area contributed by atoms with Crippen molar-refractivity contribution in [3.05, 3.63) is 36.5 Å². The highest BCUT2D eigenvalue weighted by Crippen LogP contribution is 2.17. The van der Waals surface area contributed by atoms with E-state index in [9.17, 15) is 19.8 Å². The summed E-state index contributed by atoms with van der Waals surface area (Å²) in [5.74, 6) is -0.0667. The lowest BCUT2D eigenvalue weighted by Gasteiger charge is -2.20. The van der Waals surface area contributed by atoms with E-state index < -0.39 is 12.1 Å². The fraction of sp³-hybridized carbons (Fsp3) is 0.879. The van der Waals surface area contributed by atoms with Crippen LogP contribution in [0.1, 0.15) is 348 Å². The Morgan fingerprint density at radius 3 is 1.06 bits per heavy atom. The maximum atomic E-state index is 12.4. The lowest BCUT2D eigenvalue weighted by Crippen LogP contribution is -2.45. The molecule has 0 aromatic carbocycles. The van der Waals surface area contributed by atoms with Crippen molar-refractivity contribution in [3.63, 3.8) is 0 Å². The van der Waals surface area contributed by atoms with Crippen molar-refractivity contribution in [3.8, 4) is 0 Å². The van der Waals surface area contributed by atoms with Crippen molar-refractivity contribution in [2.75, 3.05) is 13.2 Å². The number of esters is 1. The van der Waals surface area contributed by atoms with Gasteiger partial charge in [-0.2, -0.15) is 0 Å². The summed E-state index contributed by atoms with van der Waals surface area (Å²) >= 11 is 0. The molecule has 1 amide bonds. The van der Waals surface area contributed by atoms with Crippen molar-refractivity contribution in [2.24, 2.45) is 0 Å². The Morgan fingerprint density at radius 1 is 0.389 bits per heavy atom. The summed E-state index contributed by atoms with van der Waals surface area (Å²) in [7, 11) is 0. The van der Waals surface area contributed by atoms with Gasteiger partial charge in [0.2, 0.25) is 5.91 Å². The molecule has 72 heavy (non-hydrogen) atoms. The van der Waals surface area contributed by atoms with E-state index in [1.165, 1.54) is 263 Å². The van der Waals surface area contributed by atoms with Gasteiger partial charge in [0, 0.05) is 12.8 Å². The second-order valence-electron chi connectivity index (χ2n) is 22.1. The fourth-order valence-electron chi connectivity index (χ4n) is 9.96.